The molecule has 1 aromatic rings. The highest BCUT2D eigenvalue weighted by atomic mass is 19.1. The van der Waals surface area contributed by atoms with Crippen molar-refractivity contribution < 1.29 is 23.5 Å². The zero-order valence-electron chi connectivity index (χ0n) is 11.8. The Balaban J connectivity index is 2.23. The number of carboxylic acids is 1. The summed E-state index contributed by atoms with van der Waals surface area (Å²) >= 11 is 0. The van der Waals surface area contributed by atoms with E-state index >= 15 is 0 Å². The molecule has 2 rings (SSSR count). The van der Waals surface area contributed by atoms with Crippen LogP contribution in [0.4, 0.5) is 8.78 Å². The fourth-order valence-corrected chi connectivity index (χ4v) is 2.88. The standard InChI is InChI=1S/C15H17F2NO3/c1-8(13-11(16)4-3-5-12(13)17)14(19)18-7-6-10(9(18)2)15(20)21/h3-5,8-10H,6-7H2,1-2H3,(H,20,21). The van der Waals surface area contributed by atoms with Crippen LogP contribution in [0.1, 0.15) is 31.7 Å². The maximum absolute atomic E-state index is 13.7. The lowest BCUT2D eigenvalue weighted by Gasteiger charge is -2.26. The Kier molecular flexibility index (Phi) is 4.25. The maximum Gasteiger partial charge on any atom is 0.308 e. The van der Waals surface area contributed by atoms with Gasteiger partial charge in [0, 0.05) is 18.2 Å². The van der Waals surface area contributed by atoms with E-state index in [1.165, 1.54) is 17.9 Å². The number of halogens is 2. The van der Waals surface area contributed by atoms with Crippen LogP contribution in [0.2, 0.25) is 0 Å². The summed E-state index contributed by atoms with van der Waals surface area (Å²) < 4.78 is 27.5. The van der Waals surface area contributed by atoms with Gasteiger partial charge in [0.2, 0.25) is 5.91 Å². The number of carbonyl (C=O) groups excluding carboxylic acids is 1. The monoisotopic (exact) mass is 297 g/mol. The lowest BCUT2D eigenvalue weighted by Crippen LogP contribution is -2.40. The normalized spacial score (nSPS) is 23.1. The summed E-state index contributed by atoms with van der Waals surface area (Å²) in [5.41, 5.74) is -0.270. The van der Waals surface area contributed by atoms with Crippen molar-refractivity contribution in [1.82, 2.24) is 4.90 Å². The Morgan fingerprint density at radius 3 is 2.38 bits per heavy atom. The van der Waals surface area contributed by atoms with E-state index < -0.39 is 41.4 Å². The van der Waals surface area contributed by atoms with Crippen LogP contribution in [0.5, 0.6) is 0 Å². The van der Waals surface area contributed by atoms with Gasteiger partial charge in [-0.05, 0) is 32.4 Å². The number of nitrogens with zero attached hydrogens (tertiary/aromatic N) is 1. The molecule has 0 aromatic heterocycles. The van der Waals surface area contributed by atoms with Crippen molar-refractivity contribution >= 4 is 11.9 Å². The quantitative estimate of drug-likeness (QED) is 0.932. The van der Waals surface area contributed by atoms with Gasteiger partial charge in [0.1, 0.15) is 11.6 Å². The van der Waals surface area contributed by atoms with Crippen LogP contribution in [0.25, 0.3) is 0 Å². The summed E-state index contributed by atoms with van der Waals surface area (Å²) in [5, 5.41) is 9.07. The molecule has 1 aliphatic rings. The highest BCUT2D eigenvalue weighted by Crippen LogP contribution is 2.30. The van der Waals surface area contributed by atoms with Gasteiger partial charge >= 0.3 is 5.97 Å². The minimum atomic E-state index is -0.985. The molecular formula is C15H17F2NO3. The Labute approximate surface area is 121 Å². The van der Waals surface area contributed by atoms with E-state index in [9.17, 15) is 18.4 Å². The first-order chi connectivity index (χ1) is 9.84. The topological polar surface area (TPSA) is 57.6 Å². The van der Waals surface area contributed by atoms with Crippen LogP contribution in [-0.2, 0) is 9.59 Å². The van der Waals surface area contributed by atoms with Gasteiger partial charge in [0.05, 0.1) is 11.8 Å². The second-order valence-corrected chi connectivity index (χ2v) is 5.36. The minimum absolute atomic E-state index is 0.270. The van der Waals surface area contributed by atoms with Crippen LogP contribution in [0, 0.1) is 17.6 Å². The fourth-order valence-electron chi connectivity index (χ4n) is 2.88. The second kappa shape index (κ2) is 5.79. The molecule has 0 aliphatic carbocycles. The molecule has 6 heteroatoms. The molecule has 3 atom stereocenters. The highest BCUT2D eigenvalue weighted by molar-refractivity contribution is 5.85. The molecule has 0 bridgehead atoms. The Hall–Kier alpha value is -1.98. The first-order valence-electron chi connectivity index (χ1n) is 6.81. The third-order valence-electron chi connectivity index (χ3n) is 4.16. The van der Waals surface area contributed by atoms with E-state index in [0.717, 1.165) is 12.1 Å². The first-order valence-corrected chi connectivity index (χ1v) is 6.81. The lowest BCUT2D eigenvalue weighted by atomic mass is 9.97. The lowest BCUT2D eigenvalue weighted by molar-refractivity contribution is -0.143. The first kappa shape index (κ1) is 15.4. The molecule has 1 fully saturated rings. The van der Waals surface area contributed by atoms with E-state index in [0.29, 0.717) is 6.42 Å². The van der Waals surface area contributed by atoms with Crippen LogP contribution in [-0.4, -0.2) is 34.5 Å². The predicted molar refractivity (Wildman–Crippen MR) is 71.7 cm³/mol. The number of carbonyl (C=O) groups is 2. The molecule has 21 heavy (non-hydrogen) atoms. The van der Waals surface area contributed by atoms with Crippen molar-refractivity contribution in [2.45, 2.75) is 32.2 Å². The Bertz CT molecular complexity index is 556. The van der Waals surface area contributed by atoms with Crippen molar-refractivity contribution in [3.05, 3.63) is 35.4 Å². The minimum Gasteiger partial charge on any atom is -0.481 e. The van der Waals surface area contributed by atoms with Gasteiger partial charge in [-0.25, -0.2) is 8.78 Å². The average molecular weight is 297 g/mol. The van der Waals surface area contributed by atoms with Crippen LogP contribution in [0.15, 0.2) is 18.2 Å². The van der Waals surface area contributed by atoms with E-state index in [2.05, 4.69) is 0 Å². The summed E-state index contributed by atoms with van der Waals surface area (Å²) in [6, 6.07) is 2.97. The van der Waals surface area contributed by atoms with E-state index in [1.54, 1.807) is 6.92 Å². The molecule has 1 amide bonds. The molecule has 1 saturated heterocycles. The van der Waals surface area contributed by atoms with Gasteiger partial charge < -0.3 is 10.0 Å². The third-order valence-corrected chi connectivity index (χ3v) is 4.16. The van der Waals surface area contributed by atoms with Gasteiger partial charge in [-0.1, -0.05) is 6.07 Å². The van der Waals surface area contributed by atoms with Gasteiger partial charge in [-0.15, -0.1) is 0 Å². The summed E-state index contributed by atoms with van der Waals surface area (Å²) in [5.74, 6) is -4.56. The Morgan fingerprint density at radius 1 is 1.33 bits per heavy atom. The van der Waals surface area contributed by atoms with Crippen LogP contribution in [0.3, 0.4) is 0 Å². The van der Waals surface area contributed by atoms with Crippen LogP contribution < -0.4 is 0 Å². The number of hydrogen-bond acceptors (Lipinski definition) is 2. The molecule has 3 unspecified atom stereocenters. The number of likely N-dealkylation sites (tertiary alicyclic amines) is 1. The van der Waals surface area contributed by atoms with E-state index in [-0.39, 0.29) is 12.1 Å². The molecule has 0 spiro atoms. The summed E-state index contributed by atoms with van der Waals surface area (Å²) in [7, 11) is 0. The SMILES string of the molecule is CC(C(=O)N1CCC(C(=O)O)C1C)c1c(F)cccc1F. The zero-order chi connectivity index (χ0) is 15.7. The third kappa shape index (κ3) is 2.75. The number of carboxylic acid groups (broad SMARTS) is 1. The van der Waals surface area contributed by atoms with Gasteiger partial charge in [0.15, 0.2) is 0 Å². The van der Waals surface area contributed by atoms with Gasteiger partial charge in [-0.2, -0.15) is 0 Å². The summed E-state index contributed by atoms with van der Waals surface area (Å²) in [6.07, 6.45) is 0.356. The number of rotatable bonds is 3. The average Bonchev–Trinajstić information content (AvgIpc) is 2.79. The molecule has 1 N–H and O–H groups in total. The molecule has 1 heterocycles. The second-order valence-electron chi connectivity index (χ2n) is 5.36. The van der Waals surface area contributed by atoms with Gasteiger partial charge in [0.25, 0.3) is 0 Å². The smallest absolute Gasteiger partial charge is 0.308 e. The number of benzene rings is 1. The summed E-state index contributed by atoms with van der Waals surface area (Å²) in [4.78, 5) is 24.9. The molecule has 1 aromatic carbocycles. The van der Waals surface area contributed by atoms with Crippen molar-refractivity contribution in [2.75, 3.05) is 6.54 Å². The molecular weight excluding hydrogens is 280 g/mol. The van der Waals surface area contributed by atoms with Crippen molar-refractivity contribution in [1.29, 1.82) is 0 Å². The zero-order valence-corrected chi connectivity index (χ0v) is 11.8. The fraction of sp³-hybridized carbons (Fsp3) is 0.467. The van der Waals surface area contributed by atoms with E-state index in [4.69, 9.17) is 5.11 Å². The highest BCUT2D eigenvalue weighted by Gasteiger charge is 2.40. The molecule has 0 saturated carbocycles. The Morgan fingerprint density at radius 2 is 1.90 bits per heavy atom. The van der Waals surface area contributed by atoms with Crippen molar-refractivity contribution in [2.24, 2.45) is 5.92 Å². The van der Waals surface area contributed by atoms with Crippen LogP contribution >= 0.6 is 0 Å². The molecule has 1 aliphatic heterocycles. The largest absolute Gasteiger partial charge is 0.481 e. The van der Waals surface area contributed by atoms with Crippen molar-refractivity contribution in [3.8, 4) is 0 Å². The molecule has 0 radical (unpaired) electrons. The maximum atomic E-state index is 13.7. The predicted octanol–water partition coefficient (Wildman–Crippen LogP) is 2.39. The number of aliphatic carboxylic acids is 1. The molecule has 114 valence electrons. The number of hydrogen-bond donors (Lipinski definition) is 1. The summed E-state index contributed by atoms with van der Waals surface area (Å²) in [6.45, 7) is 3.37. The number of amides is 1. The molecule has 4 nitrogen and oxygen atoms in total. The van der Waals surface area contributed by atoms with Gasteiger partial charge in [-0.3, -0.25) is 9.59 Å². The van der Waals surface area contributed by atoms with Crippen molar-refractivity contribution in [3.63, 3.8) is 0 Å². The van der Waals surface area contributed by atoms with E-state index in [1.807, 2.05) is 0 Å².